The number of aliphatic hydroxyl groups is 1. The lowest BCUT2D eigenvalue weighted by Crippen LogP contribution is -1.96. The van der Waals surface area contributed by atoms with E-state index in [1.807, 2.05) is 0 Å². The van der Waals surface area contributed by atoms with Crippen molar-refractivity contribution in [2.45, 2.75) is 84.5 Å². The van der Waals surface area contributed by atoms with Gasteiger partial charge in [-0.25, -0.2) is 0 Å². The van der Waals surface area contributed by atoms with E-state index in [2.05, 4.69) is 13.8 Å². The molecule has 0 fully saturated rings. The van der Waals surface area contributed by atoms with E-state index in [1.165, 1.54) is 64.2 Å². The first-order valence-corrected chi connectivity index (χ1v) is 7.42. The fourth-order valence-electron chi connectivity index (χ4n) is 2.20. The monoisotopic (exact) mass is 228 g/mol. The zero-order chi connectivity index (χ0) is 12.1. The Bertz CT molecular complexity index is 123. The van der Waals surface area contributed by atoms with Crippen molar-refractivity contribution in [3.8, 4) is 0 Å². The van der Waals surface area contributed by atoms with Gasteiger partial charge in [0, 0.05) is 6.61 Å². The third-order valence-corrected chi connectivity index (χ3v) is 3.41. The highest BCUT2D eigenvalue weighted by Gasteiger charge is 2.01. The smallest absolute Gasteiger partial charge is 0.0431 e. The van der Waals surface area contributed by atoms with Gasteiger partial charge < -0.3 is 5.11 Å². The van der Waals surface area contributed by atoms with Crippen molar-refractivity contribution in [2.75, 3.05) is 6.61 Å². The number of rotatable bonds is 12. The molecule has 1 heteroatoms. The van der Waals surface area contributed by atoms with Crippen molar-refractivity contribution in [2.24, 2.45) is 5.92 Å². The van der Waals surface area contributed by atoms with Gasteiger partial charge in [-0.3, -0.25) is 0 Å². The van der Waals surface area contributed by atoms with Crippen LogP contribution in [0.15, 0.2) is 0 Å². The van der Waals surface area contributed by atoms with E-state index in [4.69, 9.17) is 5.11 Å². The van der Waals surface area contributed by atoms with Gasteiger partial charge in [0.1, 0.15) is 0 Å². The molecule has 0 radical (unpaired) electrons. The molecule has 0 aromatic heterocycles. The minimum atomic E-state index is 0.365. The highest BCUT2D eigenvalue weighted by molar-refractivity contribution is 4.55. The van der Waals surface area contributed by atoms with E-state index < -0.39 is 0 Å². The van der Waals surface area contributed by atoms with Gasteiger partial charge in [-0.2, -0.15) is 0 Å². The summed E-state index contributed by atoms with van der Waals surface area (Å²) >= 11 is 0. The lowest BCUT2D eigenvalue weighted by molar-refractivity contribution is 0.277. The quantitative estimate of drug-likeness (QED) is 0.470. The molecule has 0 aromatic carbocycles. The second kappa shape index (κ2) is 13.0. The first-order valence-electron chi connectivity index (χ1n) is 7.42. The van der Waals surface area contributed by atoms with Crippen molar-refractivity contribution in [1.29, 1.82) is 0 Å². The highest BCUT2D eigenvalue weighted by Crippen LogP contribution is 2.16. The molecule has 0 amide bonds. The second-order valence-corrected chi connectivity index (χ2v) is 5.23. The fraction of sp³-hybridized carbons (Fsp3) is 1.00. The summed E-state index contributed by atoms with van der Waals surface area (Å²) in [5, 5.41) is 8.70. The van der Waals surface area contributed by atoms with E-state index in [0.717, 1.165) is 12.3 Å². The maximum atomic E-state index is 8.70. The first-order chi connectivity index (χ1) is 7.81. The van der Waals surface area contributed by atoms with Gasteiger partial charge >= 0.3 is 0 Å². The van der Waals surface area contributed by atoms with Crippen LogP contribution in [0, 0.1) is 5.92 Å². The maximum Gasteiger partial charge on any atom is 0.0431 e. The summed E-state index contributed by atoms with van der Waals surface area (Å²) < 4.78 is 0. The van der Waals surface area contributed by atoms with Crippen LogP contribution in [-0.2, 0) is 0 Å². The van der Waals surface area contributed by atoms with Crippen LogP contribution in [-0.4, -0.2) is 11.7 Å². The summed E-state index contributed by atoms with van der Waals surface area (Å²) in [5.41, 5.74) is 0. The Balaban J connectivity index is 3.06. The van der Waals surface area contributed by atoms with E-state index in [0.29, 0.717) is 6.61 Å². The minimum absolute atomic E-state index is 0.365. The molecule has 98 valence electrons. The first kappa shape index (κ1) is 16.0. The molecule has 0 spiro atoms. The molecule has 0 saturated carbocycles. The van der Waals surface area contributed by atoms with Gasteiger partial charge in [-0.05, 0) is 12.3 Å². The third-order valence-electron chi connectivity index (χ3n) is 3.41. The SMILES string of the molecule is CCCCCCCCCC(C)CCCCO. The molecule has 1 unspecified atom stereocenters. The molecule has 1 atom stereocenters. The number of hydrogen-bond acceptors (Lipinski definition) is 1. The summed E-state index contributed by atoms with van der Waals surface area (Å²) in [6, 6.07) is 0. The van der Waals surface area contributed by atoms with E-state index in [-0.39, 0.29) is 0 Å². The number of hydrogen-bond donors (Lipinski definition) is 1. The Morgan fingerprint density at radius 2 is 1.25 bits per heavy atom. The van der Waals surface area contributed by atoms with Crippen LogP contribution in [0.4, 0.5) is 0 Å². The largest absolute Gasteiger partial charge is 0.396 e. The molecule has 16 heavy (non-hydrogen) atoms. The van der Waals surface area contributed by atoms with Crippen LogP contribution in [0.25, 0.3) is 0 Å². The topological polar surface area (TPSA) is 20.2 Å². The van der Waals surface area contributed by atoms with Gasteiger partial charge in [-0.1, -0.05) is 78.1 Å². The van der Waals surface area contributed by atoms with Crippen LogP contribution in [0.3, 0.4) is 0 Å². The Morgan fingerprint density at radius 1 is 0.750 bits per heavy atom. The summed E-state index contributed by atoms with van der Waals surface area (Å²) in [6.45, 7) is 4.99. The van der Waals surface area contributed by atoms with Gasteiger partial charge in [0.2, 0.25) is 0 Å². The molecule has 0 saturated heterocycles. The van der Waals surface area contributed by atoms with Gasteiger partial charge in [0.05, 0.1) is 0 Å². The van der Waals surface area contributed by atoms with Crippen LogP contribution in [0.5, 0.6) is 0 Å². The molecule has 0 aliphatic heterocycles. The average molecular weight is 228 g/mol. The fourth-order valence-corrected chi connectivity index (χ4v) is 2.20. The predicted molar refractivity (Wildman–Crippen MR) is 72.7 cm³/mol. The van der Waals surface area contributed by atoms with E-state index in [9.17, 15) is 0 Å². The van der Waals surface area contributed by atoms with Gasteiger partial charge in [0.15, 0.2) is 0 Å². The molecule has 0 rings (SSSR count). The summed E-state index contributed by atoms with van der Waals surface area (Å²) in [5.74, 6) is 0.863. The molecule has 0 aliphatic rings. The molecule has 1 nitrogen and oxygen atoms in total. The third kappa shape index (κ3) is 12.0. The van der Waals surface area contributed by atoms with Crippen molar-refractivity contribution in [3.63, 3.8) is 0 Å². The molecule has 0 heterocycles. The van der Waals surface area contributed by atoms with Crippen molar-refractivity contribution in [3.05, 3.63) is 0 Å². The zero-order valence-electron chi connectivity index (χ0n) is 11.5. The summed E-state index contributed by atoms with van der Waals surface area (Å²) in [6.07, 6.45) is 14.8. The van der Waals surface area contributed by atoms with Gasteiger partial charge in [0.25, 0.3) is 0 Å². The van der Waals surface area contributed by atoms with Crippen molar-refractivity contribution >= 4 is 0 Å². The van der Waals surface area contributed by atoms with Crippen LogP contribution in [0.2, 0.25) is 0 Å². The average Bonchev–Trinajstić information content (AvgIpc) is 2.28. The summed E-state index contributed by atoms with van der Waals surface area (Å²) in [7, 11) is 0. The Morgan fingerprint density at radius 3 is 1.81 bits per heavy atom. The predicted octanol–water partition coefficient (Wildman–Crippen LogP) is 4.93. The second-order valence-electron chi connectivity index (χ2n) is 5.23. The minimum Gasteiger partial charge on any atom is -0.396 e. The van der Waals surface area contributed by atoms with E-state index >= 15 is 0 Å². The molecule has 0 aromatic rings. The normalized spacial score (nSPS) is 12.9. The molecule has 1 N–H and O–H groups in total. The Labute approximate surface area is 103 Å². The number of aliphatic hydroxyl groups excluding tert-OH is 1. The zero-order valence-corrected chi connectivity index (χ0v) is 11.5. The Hall–Kier alpha value is -0.0400. The standard InChI is InChI=1S/C15H32O/c1-3-4-5-6-7-8-9-12-15(2)13-10-11-14-16/h15-16H,3-14H2,1-2H3. The van der Waals surface area contributed by atoms with Crippen LogP contribution >= 0.6 is 0 Å². The van der Waals surface area contributed by atoms with Crippen LogP contribution in [0.1, 0.15) is 84.5 Å². The lowest BCUT2D eigenvalue weighted by atomic mass is 9.97. The maximum absolute atomic E-state index is 8.70. The van der Waals surface area contributed by atoms with Gasteiger partial charge in [-0.15, -0.1) is 0 Å². The molecule has 0 aliphatic carbocycles. The Kier molecular flexibility index (Phi) is 13.0. The molecular formula is C15H32O. The number of unbranched alkanes of at least 4 members (excludes halogenated alkanes) is 7. The summed E-state index contributed by atoms with van der Waals surface area (Å²) in [4.78, 5) is 0. The van der Waals surface area contributed by atoms with Crippen molar-refractivity contribution in [1.82, 2.24) is 0 Å². The molecular weight excluding hydrogens is 196 g/mol. The molecule has 0 bridgehead atoms. The van der Waals surface area contributed by atoms with Crippen molar-refractivity contribution < 1.29 is 5.11 Å². The highest BCUT2D eigenvalue weighted by atomic mass is 16.2. The lowest BCUT2D eigenvalue weighted by Gasteiger charge is -2.10. The van der Waals surface area contributed by atoms with E-state index in [1.54, 1.807) is 0 Å². The van der Waals surface area contributed by atoms with Crippen LogP contribution < -0.4 is 0 Å².